The predicted molar refractivity (Wildman–Crippen MR) is 107 cm³/mol. The van der Waals surface area contributed by atoms with Crippen LogP contribution in [0.25, 0.3) is 22.5 Å². The van der Waals surface area contributed by atoms with Crippen LogP contribution in [0.1, 0.15) is 1.43 Å². The van der Waals surface area contributed by atoms with Gasteiger partial charge in [0, 0.05) is 11.1 Å². The molecule has 12 heteroatoms. The number of rotatable bonds is 8. The van der Waals surface area contributed by atoms with E-state index in [-0.39, 0.29) is 42.5 Å². The van der Waals surface area contributed by atoms with E-state index in [0.29, 0.717) is 39.7 Å². The van der Waals surface area contributed by atoms with Crippen molar-refractivity contribution in [2.45, 2.75) is 0 Å². The molecule has 3 aromatic rings. The molecule has 10 nitrogen and oxygen atoms in total. The standard InChI is InChI=1S/C19H20NO9P.Na.H/c1-24-14-6-5-11(7-15(14)29-30(21,22)23)13-10-20-28-18(13)12-8-16(25-2)19(27-4)17(9-12)26-3;;/h5-10H,1-4H3,(H2,21,22,23);;/q;+1;-1. The molecule has 0 saturated carbocycles. The number of methoxy groups -OCH3 is 4. The molecule has 1 aromatic heterocycles. The number of phosphoric ester groups is 1. The monoisotopic (exact) mass is 461 g/mol. The number of hydrogen-bond donors (Lipinski definition) is 2. The molecule has 1 heterocycles. The van der Waals surface area contributed by atoms with Gasteiger partial charge in [0.05, 0.1) is 34.6 Å². The smallest absolute Gasteiger partial charge is 1.00 e. The molecule has 0 spiro atoms. The van der Waals surface area contributed by atoms with Crippen molar-refractivity contribution < 1.29 is 73.3 Å². The van der Waals surface area contributed by atoms with Gasteiger partial charge < -0.3 is 29.4 Å². The van der Waals surface area contributed by atoms with Gasteiger partial charge in [-0.25, -0.2) is 4.57 Å². The molecule has 0 radical (unpaired) electrons. The zero-order valence-corrected chi connectivity index (χ0v) is 20.5. The van der Waals surface area contributed by atoms with Crippen molar-refractivity contribution in [3.63, 3.8) is 0 Å². The average Bonchev–Trinajstić information content (AvgIpc) is 3.21. The Bertz CT molecular complexity index is 1080. The van der Waals surface area contributed by atoms with E-state index in [0.717, 1.165) is 0 Å². The summed E-state index contributed by atoms with van der Waals surface area (Å²) < 4.78 is 42.7. The van der Waals surface area contributed by atoms with E-state index in [1.807, 2.05) is 0 Å². The summed E-state index contributed by atoms with van der Waals surface area (Å²) in [6.07, 6.45) is 1.47. The number of nitrogens with zero attached hydrogens (tertiary/aromatic N) is 1. The first-order chi connectivity index (χ1) is 14.3. The van der Waals surface area contributed by atoms with Gasteiger partial charge in [-0.2, -0.15) is 0 Å². The molecule has 0 aliphatic carbocycles. The minimum absolute atomic E-state index is 0. The topological polar surface area (TPSA) is 130 Å². The van der Waals surface area contributed by atoms with Crippen LogP contribution in [0.3, 0.4) is 0 Å². The van der Waals surface area contributed by atoms with Gasteiger partial charge in [0.15, 0.2) is 28.8 Å². The van der Waals surface area contributed by atoms with Gasteiger partial charge >= 0.3 is 37.4 Å². The van der Waals surface area contributed by atoms with Gasteiger partial charge in [-0.15, -0.1) is 0 Å². The van der Waals surface area contributed by atoms with Crippen LogP contribution in [-0.4, -0.2) is 43.4 Å². The second-order valence-electron chi connectivity index (χ2n) is 5.93. The van der Waals surface area contributed by atoms with Gasteiger partial charge in [-0.3, -0.25) is 9.79 Å². The van der Waals surface area contributed by atoms with Gasteiger partial charge in [0.25, 0.3) is 0 Å². The Balaban J connectivity index is 0.00000256. The largest absolute Gasteiger partial charge is 1.00 e. The molecule has 162 valence electrons. The van der Waals surface area contributed by atoms with E-state index >= 15 is 0 Å². The molecule has 0 aliphatic rings. The number of benzene rings is 2. The van der Waals surface area contributed by atoms with Crippen molar-refractivity contribution in [2.24, 2.45) is 0 Å². The first kappa shape index (κ1) is 25.1. The molecular weight excluding hydrogens is 440 g/mol. The van der Waals surface area contributed by atoms with Crippen LogP contribution in [0, 0.1) is 0 Å². The Kier molecular flexibility index (Phi) is 8.41. The van der Waals surface area contributed by atoms with E-state index in [4.69, 9.17) is 28.0 Å². The van der Waals surface area contributed by atoms with Gasteiger partial charge in [0.2, 0.25) is 5.75 Å². The van der Waals surface area contributed by atoms with Crippen LogP contribution in [0.2, 0.25) is 0 Å². The molecule has 0 fully saturated rings. The zero-order valence-electron chi connectivity index (χ0n) is 18.6. The molecule has 0 aliphatic heterocycles. The van der Waals surface area contributed by atoms with Crippen molar-refractivity contribution in [2.75, 3.05) is 28.4 Å². The molecule has 0 saturated heterocycles. The summed E-state index contributed by atoms with van der Waals surface area (Å²) in [6, 6.07) is 8.02. The van der Waals surface area contributed by atoms with Crippen LogP contribution in [0.4, 0.5) is 0 Å². The van der Waals surface area contributed by atoms with Crippen molar-refractivity contribution in [1.29, 1.82) is 0 Å². The van der Waals surface area contributed by atoms with E-state index in [9.17, 15) is 14.4 Å². The molecule has 0 amide bonds. The predicted octanol–water partition coefficient (Wildman–Crippen LogP) is 0.631. The Hall–Kier alpha value is -2.20. The van der Waals surface area contributed by atoms with Gasteiger partial charge in [-0.05, 0) is 29.8 Å². The third-order valence-corrected chi connectivity index (χ3v) is 4.62. The van der Waals surface area contributed by atoms with E-state index in [2.05, 4.69) is 5.16 Å². The zero-order chi connectivity index (χ0) is 21.9. The van der Waals surface area contributed by atoms with Gasteiger partial charge in [0.1, 0.15) is 0 Å². The number of hydrogen-bond acceptors (Lipinski definition) is 8. The Morgan fingerprint density at radius 1 is 0.871 bits per heavy atom. The molecular formula is C19H21NNaO9P. The third-order valence-electron chi connectivity index (χ3n) is 4.19. The maximum Gasteiger partial charge on any atom is 1.00 e. The Morgan fingerprint density at radius 2 is 1.45 bits per heavy atom. The van der Waals surface area contributed by atoms with Crippen molar-refractivity contribution in [1.82, 2.24) is 5.16 Å². The number of aromatic nitrogens is 1. The normalized spacial score (nSPS) is 10.8. The van der Waals surface area contributed by atoms with Crippen molar-refractivity contribution in [3.05, 3.63) is 36.5 Å². The van der Waals surface area contributed by atoms with E-state index < -0.39 is 7.82 Å². The van der Waals surface area contributed by atoms with Crippen LogP contribution in [0.15, 0.2) is 41.1 Å². The molecule has 3 rings (SSSR count). The van der Waals surface area contributed by atoms with Crippen molar-refractivity contribution >= 4 is 7.82 Å². The second kappa shape index (κ2) is 10.4. The molecule has 2 aromatic carbocycles. The van der Waals surface area contributed by atoms with Gasteiger partial charge in [-0.1, -0.05) is 11.2 Å². The third kappa shape index (κ3) is 5.54. The molecule has 2 N–H and O–H groups in total. The number of ether oxygens (including phenoxy) is 4. The van der Waals surface area contributed by atoms with Crippen LogP contribution < -0.4 is 53.0 Å². The molecule has 0 bridgehead atoms. The second-order valence-corrected chi connectivity index (χ2v) is 7.09. The fourth-order valence-electron chi connectivity index (χ4n) is 2.91. The maximum absolute atomic E-state index is 11.3. The van der Waals surface area contributed by atoms with Crippen LogP contribution in [-0.2, 0) is 4.57 Å². The van der Waals surface area contributed by atoms with E-state index in [1.165, 1.54) is 46.8 Å². The minimum atomic E-state index is -4.79. The summed E-state index contributed by atoms with van der Waals surface area (Å²) in [4.78, 5) is 18.3. The SMILES string of the molecule is COc1ccc(-c2cnoc2-c2cc(OC)c(OC)c(OC)c2)cc1OP(=O)(O)O.[H-].[Na+]. The van der Waals surface area contributed by atoms with Crippen molar-refractivity contribution in [3.8, 4) is 51.2 Å². The fourth-order valence-corrected chi connectivity index (χ4v) is 3.31. The summed E-state index contributed by atoms with van der Waals surface area (Å²) >= 11 is 0. The molecule has 0 unspecified atom stereocenters. The van der Waals surface area contributed by atoms with E-state index in [1.54, 1.807) is 18.2 Å². The average molecular weight is 461 g/mol. The Morgan fingerprint density at radius 3 is 1.97 bits per heavy atom. The summed E-state index contributed by atoms with van der Waals surface area (Å²) in [5.74, 6) is 1.69. The first-order valence-corrected chi connectivity index (χ1v) is 10.0. The summed E-state index contributed by atoms with van der Waals surface area (Å²) in [5.41, 5.74) is 1.66. The molecule has 31 heavy (non-hydrogen) atoms. The minimum Gasteiger partial charge on any atom is -1.00 e. The molecule has 0 atom stereocenters. The van der Waals surface area contributed by atoms with Crippen LogP contribution >= 0.6 is 7.82 Å². The summed E-state index contributed by atoms with van der Waals surface area (Å²) in [5, 5.41) is 3.86. The van der Waals surface area contributed by atoms with Crippen LogP contribution in [0.5, 0.6) is 28.7 Å². The maximum atomic E-state index is 11.3. The Labute approximate surface area is 202 Å². The quantitative estimate of drug-likeness (QED) is 0.364. The fraction of sp³-hybridized carbons (Fsp3) is 0.211. The number of phosphoric acid groups is 1. The first-order valence-electron chi connectivity index (χ1n) is 8.50. The summed E-state index contributed by atoms with van der Waals surface area (Å²) in [6.45, 7) is 0. The summed E-state index contributed by atoms with van der Waals surface area (Å²) in [7, 11) is 1.07.